The van der Waals surface area contributed by atoms with E-state index >= 15 is 0 Å². The Morgan fingerprint density at radius 1 is 1.05 bits per heavy atom. The summed E-state index contributed by atoms with van der Waals surface area (Å²) in [5.74, 6) is -0.323. The molecule has 0 saturated heterocycles. The largest absolute Gasteiger partial charge is 0.508 e. The summed E-state index contributed by atoms with van der Waals surface area (Å²) < 4.78 is 0. The van der Waals surface area contributed by atoms with Gasteiger partial charge in [0.05, 0.1) is 0 Å². The van der Waals surface area contributed by atoms with Crippen molar-refractivity contribution in [3.63, 3.8) is 0 Å². The van der Waals surface area contributed by atoms with Crippen molar-refractivity contribution in [3.05, 3.63) is 53.6 Å². The predicted molar refractivity (Wildman–Crippen MR) is 81.5 cm³/mol. The topological polar surface area (TPSA) is 78.4 Å². The van der Waals surface area contributed by atoms with E-state index < -0.39 is 0 Å². The van der Waals surface area contributed by atoms with Crippen LogP contribution in [-0.2, 0) is 4.79 Å². The van der Waals surface area contributed by atoms with Gasteiger partial charge in [-0.25, -0.2) is 0 Å². The zero-order valence-corrected chi connectivity index (χ0v) is 11.8. The number of carbonyl (C=O) groups excluding carboxylic acids is 2. The lowest BCUT2D eigenvalue weighted by atomic mass is 10.1. The van der Waals surface area contributed by atoms with Gasteiger partial charge in [-0.2, -0.15) is 0 Å². The number of carbonyl (C=O) groups is 2. The van der Waals surface area contributed by atoms with Crippen LogP contribution in [0.1, 0.15) is 22.8 Å². The molecule has 0 unspecified atom stereocenters. The molecule has 0 aliphatic heterocycles. The number of phenolic OH excluding ortho intramolecular Hbond substituents is 1. The molecule has 2 amide bonds. The average Bonchev–Trinajstić information content (AvgIpc) is 2.41. The Kier molecular flexibility index (Phi) is 4.23. The number of benzene rings is 2. The van der Waals surface area contributed by atoms with Crippen molar-refractivity contribution < 1.29 is 14.7 Å². The third kappa shape index (κ3) is 3.82. The van der Waals surface area contributed by atoms with E-state index in [1.807, 2.05) is 0 Å². The zero-order valence-electron chi connectivity index (χ0n) is 11.8. The van der Waals surface area contributed by atoms with Gasteiger partial charge >= 0.3 is 0 Å². The molecule has 108 valence electrons. The minimum atomic E-state index is -0.281. The maximum atomic E-state index is 12.2. The lowest BCUT2D eigenvalue weighted by Gasteiger charge is -2.10. The molecule has 5 nitrogen and oxygen atoms in total. The summed E-state index contributed by atoms with van der Waals surface area (Å²) in [6.07, 6.45) is 0. The van der Waals surface area contributed by atoms with Gasteiger partial charge in [0.25, 0.3) is 5.91 Å². The highest BCUT2D eigenvalue weighted by Gasteiger charge is 2.09. The normalized spacial score (nSPS) is 10.0. The number of nitrogens with one attached hydrogen (secondary N) is 2. The van der Waals surface area contributed by atoms with Gasteiger partial charge in [0.1, 0.15) is 5.75 Å². The second-order valence-corrected chi connectivity index (χ2v) is 4.72. The molecule has 2 aromatic carbocycles. The molecular weight excluding hydrogens is 268 g/mol. The van der Waals surface area contributed by atoms with Crippen LogP contribution in [0, 0.1) is 6.92 Å². The van der Waals surface area contributed by atoms with Crippen LogP contribution in [-0.4, -0.2) is 16.9 Å². The Morgan fingerprint density at radius 2 is 1.81 bits per heavy atom. The van der Waals surface area contributed by atoms with Gasteiger partial charge in [-0.3, -0.25) is 9.59 Å². The minimum absolute atomic E-state index is 0.151. The molecule has 0 fully saturated rings. The Labute approximate surface area is 122 Å². The van der Waals surface area contributed by atoms with Crippen LogP contribution in [0.3, 0.4) is 0 Å². The van der Waals surface area contributed by atoms with E-state index in [-0.39, 0.29) is 17.6 Å². The van der Waals surface area contributed by atoms with Crippen molar-refractivity contribution in [1.29, 1.82) is 0 Å². The quantitative estimate of drug-likeness (QED) is 0.758. The molecule has 0 aromatic heterocycles. The van der Waals surface area contributed by atoms with Gasteiger partial charge in [-0.1, -0.05) is 6.07 Å². The van der Waals surface area contributed by atoms with Gasteiger partial charge < -0.3 is 15.7 Å². The zero-order chi connectivity index (χ0) is 15.4. The Bertz CT molecular complexity index is 696. The van der Waals surface area contributed by atoms with Crippen molar-refractivity contribution in [2.24, 2.45) is 0 Å². The summed E-state index contributed by atoms with van der Waals surface area (Å²) in [5, 5.41) is 14.8. The van der Waals surface area contributed by atoms with E-state index in [1.165, 1.54) is 13.0 Å². The van der Waals surface area contributed by atoms with Crippen molar-refractivity contribution >= 4 is 23.2 Å². The summed E-state index contributed by atoms with van der Waals surface area (Å²) in [6.45, 7) is 3.20. The molecule has 0 spiro atoms. The van der Waals surface area contributed by atoms with Crippen LogP contribution >= 0.6 is 0 Å². The first-order chi connectivity index (χ1) is 9.95. The molecule has 21 heavy (non-hydrogen) atoms. The van der Waals surface area contributed by atoms with E-state index in [1.54, 1.807) is 43.3 Å². The van der Waals surface area contributed by atoms with Crippen molar-refractivity contribution in [2.75, 3.05) is 10.6 Å². The fourth-order valence-electron chi connectivity index (χ4n) is 1.92. The molecule has 0 aliphatic carbocycles. The molecule has 0 atom stereocenters. The number of amides is 2. The van der Waals surface area contributed by atoms with Crippen LogP contribution in [0.4, 0.5) is 11.4 Å². The second kappa shape index (κ2) is 6.09. The number of anilines is 2. The van der Waals surface area contributed by atoms with Crippen LogP contribution in [0.5, 0.6) is 5.75 Å². The Morgan fingerprint density at radius 3 is 2.48 bits per heavy atom. The first kappa shape index (κ1) is 14.6. The van der Waals surface area contributed by atoms with Gasteiger partial charge in [0.15, 0.2) is 0 Å². The van der Waals surface area contributed by atoms with E-state index in [9.17, 15) is 14.7 Å². The number of hydrogen-bond donors (Lipinski definition) is 3. The van der Waals surface area contributed by atoms with Gasteiger partial charge in [0.2, 0.25) is 5.91 Å². The minimum Gasteiger partial charge on any atom is -0.508 e. The fourth-order valence-corrected chi connectivity index (χ4v) is 1.92. The van der Waals surface area contributed by atoms with E-state index in [0.717, 1.165) is 5.56 Å². The second-order valence-electron chi connectivity index (χ2n) is 4.72. The maximum Gasteiger partial charge on any atom is 0.255 e. The predicted octanol–water partition coefficient (Wildman–Crippen LogP) is 2.91. The van der Waals surface area contributed by atoms with E-state index in [0.29, 0.717) is 16.9 Å². The van der Waals surface area contributed by atoms with Crippen molar-refractivity contribution in [3.8, 4) is 5.75 Å². The lowest BCUT2D eigenvalue weighted by molar-refractivity contribution is -0.114. The van der Waals surface area contributed by atoms with Crippen molar-refractivity contribution in [2.45, 2.75) is 13.8 Å². The number of aryl methyl sites for hydroxylation is 1. The highest BCUT2D eigenvalue weighted by atomic mass is 16.3. The van der Waals surface area contributed by atoms with Gasteiger partial charge in [-0.05, 0) is 48.9 Å². The smallest absolute Gasteiger partial charge is 0.255 e. The molecule has 0 heterocycles. The maximum absolute atomic E-state index is 12.2. The van der Waals surface area contributed by atoms with Crippen LogP contribution < -0.4 is 10.6 Å². The molecule has 5 heteroatoms. The Hall–Kier alpha value is -2.82. The van der Waals surface area contributed by atoms with Crippen molar-refractivity contribution in [1.82, 2.24) is 0 Å². The first-order valence-electron chi connectivity index (χ1n) is 6.44. The number of phenols is 1. The lowest BCUT2D eigenvalue weighted by Crippen LogP contribution is -2.13. The molecule has 2 rings (SSSR count). The number of rotatable bonds is 3. The summed E-state index contributed by atoms with van der Waals surface area (Å²) in [7, 11) is 0. The standard InChI is InChI=1S/C16H16N2O3/c1-10-8-14(20)6-7-15(10)18-16(21)12-4-3-5-13(9-12)17-11(2)19/h3-9,20H,1-2H3,(H,17,19)(H,18,21). The molecule has 3 N–H and O–H groups in total. The third-order valence-electron chi connectivity index (χ3n) is 2.90. The SMILES string of the molecule is CC(=O)Nc1cccc(C(=O)Nc2ccc(O)cc2C)c1. The molecule has 0 saturated carbocycles. The third-order valence-corrected chi connectivity index (χ3v) is 2.90. The van der Waals surface area contributed by atoms with Crippen LogP contribution in [0.2, 0.25) is 0 Å². The monoisotopic (exact) mass is 284 g/mol. The van der Waals surface area contributed by atoms with Gasteiger partial charge in [0, 0.05) is 23.9 Å². The highest BCUT2D eigenvalue weighted by Crippen LogP contribution is 2.21. The van der Waals surface area contributed by atoms with Gasteiger partial charge in [-0.15, -0.1) is 0 Å². The summed E-state index contributed by atoms with van der Waals surface area (Å²) in [4.78, 5) is 23.2. The Balaban J connectivity index is 2.18. The highest BCUT2D eigenvalue weighted by molar-refractivity contribution is 6.05. The van der Waals surface area contributed by atoms with Crippen LogP contribution in [0.25, 0.3) is 0 Å². The summed E-state index contributed by atoms with van der Waals surface area (Å²) in [6, 6.07) is 11.4. The fraction of sp³-hybridized carbons (Fsp3) is 0.125. The first-order valence-corrected chi connectivity index (χ1v) is 6.44. The molecule has 0 bridgehead atoms. The number of aromatic hydroxyl groups is 1. The molecule has 0 radical (unpaired) electrons. The summed E-state index contributed by atoms with van der Waals surface area (Å²) >= 11 is 0. The molecule has 0 aliphatic rings. The summed E-state index contributed by atoms with van der Waals surface area (Å²) in [5.41, 5.74) is 2.40. The average molecular weight is 284 g/mol. The molecule has 2 aromatic rings. The van der Waals surface area contributed by atoms with Crippen LogP contribution in [0.15, 0.2) is 42.5 Å². The van der Waals surface area contributed by atoms with E-state index in [2.05, 4.69) is 10.6 Å². The molecular formula is C16H16N2O3. The van der Waals surface area contributed by atoms with E-state index in [4.69, 9.17) is 0 Å². The number of hydrogen-bond acceptors (Lipinski definition) is 3.